The van der Waals surface area contributed by atoms with Crippen LogP contribution in [-0.2, 0) is 4.79 Å². The predicted octanol–water partition coefficient (Wildman–Crippen LogP) is 7.93. The molecule has 1 aliphatic heterocycles. The normalized spacial score (nSPS) is 35.9. The third-order valence-corrected chi connectivity index (χ3v) is 10.2. The van der Waals surface area contributed by atoms with Crippen molar-refractivity contribution in [3.8, 4) is 0 Å². The van der Waals surface area contributed by atoms with Gasteiger partial charge in [-0.25, -0.2) is 0 Å². The summed E-state index contributed by atoms with van der Waals surface area (Å²) in [4.78, 5) is 12.8. The van der Waals surface area contributed by atoms with Crippen molar-refractivity contribution in [1.82, 2.24) is 5.32 Å². The van der Waals surface area contributed by atoms with Crippen LogP contribution in [0.4, 0.5) is 0 Å². The first-order valence-corrected chi connectivity index (χ1v) is 16.1. The van der Waals surface area contributed by atoms with Crippen molar-refractivity contribution < 1.29 is 15.0 Å². The van der Waals surface area contributed by atoms with E-state index in [2.05, 4.69) is 71.2 Å². The van der Waals surface area contributed by atoms with Crippen LogP contribution < -0.4 is 5.32 Å². The number of hydrogen-bond acceptors (Lipinski definition) is 4. The lowest BCUT2D eigenvalue weighted by molar-refractivity contribution is -0.126. The highest BCUT2D eigenvalue weighted by molar-refractivity contribution is 5.81. The van der Waals surface area contributed by atoms with E-state index < -0.39 is 6.10 Å². The van der Waals surface area contributed by atoms with E-state index in [9.17, 15) is 15.0 Å². The lowest BCUT2D eigenvalue weighted by Crippen LogP contribution is -2.37. The SMILES string of the molecule is CC(C)CCC1CC=C(O)CC1C[C@H]1NC(CC(O)C2=CC3CCC(C(=O)CC(C)(C)C)CC3C=C2)CC1C. The maximum atomic E-state index is 12.8. The molecule has 39 heavy (non-hydrogen) atoms. The molecule has 4 heteroatoms. The largest absolute Gasteiger partial charge is 0.513 e. The van der Waals surface area contributed by atoms with Crippen LogP contribution in [0.15, 0.2) is 35.6 Å². The second-order valence-corrected chi connectivity index (χ2v) is 15.4. The van der Waals surface area contributed by atoms with Gasteiger partial charge in [0.25, 0.3) is 0 Å². The monoisotopic (exact) mass is 539 g/mol. The summed E-state index contributed by atoms with van der Waals surface area (Å²) in [7, 11) is 0. The average Bonchev–Trinajstić information content (AvgIpc) is 3.19. The Morgan fingerprint density at radius 3 is 2.62 bits per heavy atom. The van der Waals surface area contributed by atoms with Crippen molar-refractivity contribution in [2.45, 2.75) is 130 Å². The molecular weight excluding hydrogens is 482 g/mol. The van der Waals surface area contributed by atoms with Gasteiger partial charge in [-0.15, -0.1) is 0 Å². The molecule has 1 heterocycles. The van der Waals surface area contributed by atoms with E-state index in [0.717, 1.165) is 62.9 Å². The van der Waals surface area contributed by atoms with E-state index in [1.165, 1.54) is 12.8 Å². The minimum absolute atomic E-state index is 0.0585. The lowest BCUT2D eigenvalue weighted by Gasteiger charge is -2.36. The maximum Gasteiger partial charge on any atom is 0.136 e. The zero-order chi connectivity index (χ0) is 28.3. The van der Waals surface area contributed by atoms with E-state index in [1.54, 1.807) is 0 Å². The highest BCUT2D eigenvalue weighted by Gasteiger charge is 2.38. The Kier molecular flexibility index (Phi) is 10.2. The Morgan fingerprint density at radius 1 is 1.13 bits per heavy atom. The Hall–Kier alpha value is -1.39. The zero-order valence-electron chi connectivity index (χ0n) is 25.7. The van der Waals surface area contributed by atoms with Gasteiger partial charge in [0, 0.05) is 30.8 Å². The van der Waals surface area contributed by atoms with Crippen LogP contribution in [0.1, 0.15) is 112 Å². The molecule has 0 aromatic carbocycles. The number of carbonyl (C=O) groups excluding carboxylic acids is 1. The first-order valence-electron chi connectivity index (χ1n) is 16.1. The summed E-state index contributed by atoms with van der Waals surface area (Å²) in [6.45, 7) is 13.4. The molecule has 0 spiro atoms. The fourth-order valence-corrected chi connectivity index (χ4v) is 7.90. The summed E-state index contributed by atoms with van der Waals surface area (Å²) < 4.78 is 0. The van der Waals surface area contributed by atoms with Gasteiger partial charge in [-0.2, -0.15) is 0 Å². The standard InChI is InChI=1S/C35H57NO3/c1-22(2)7-8-24-13-14-31(37)18-29(24)19-32-23(3)15-30(36-32)20-33(38)27-11-9-26-17-28(12-10-25(26)16-27)34(39)21-35(4,5)6/h9,11,14,16,22-26,28-30,32-33,36-38H,7-8,10,12-13,15,17-21H2,1-6H3/t23?,24?,25?,26?,28?,29?,30?,32-,33?/m1/s1. The van der Waals surface area contributed by atoms with E-state index in [4.69, 9.17) is 0 Å². The fraction of sp³-hybridized carbons (Fsp3) is 0.800. The predicted molar refractivity (Wildman–Crippen MR) is 161 cm³/mol. The van der Waals surface area contributed by atoms with Gasteiger partial charge in [0.2, 0.25) is 0 Å². The van der Waals surface area contributed by atoms with E-state index in [1.807, 2.05) is 0 Å². The Balaban J connectivity index is 1.28. The molecule has 0 amide bonds. The third-order valence-electron chi connectivity index (χ3n) is 10.2. The summed E-state index contributed by atoms with van der Waals surface area (Å²) in [5.41, 5.74) is 1.13. The highest BCUT2D eigenvalue weighted by atomic mass is 16.3. The van der Waals surface area contributed by atoms with Gasteiger partial charge in [-0.3, -0.25) is 4.79 Å². The van der Waals surface area contributed by atoms with Crippen LogP contribution in [0.2, 0.25) is 0 Å². The molecule has 0 radical (unpaired) electrons. The molecule has 0 aromatic heterocycles. The van der Waals surface area contributed by atoms with E-state index in [0.29, 0.717) is 59.6 Å². The van der Waals surface area contributed by atoms with Gasteiger partial charge in [0.05, 0.1) is 11.9 Å². The molecule has 2 fully saturated rings. The number of aliphatic hydroxyl groups is 2. The minimum Gasteiger partial charge on any atom is -0.513 e. The molecule has 4 aliphatic rings. The van der Waals surface area contributed by atoms with Gasteiger partial charge >= 0.3 is 0 Å². The van der Waals surface area contributed by atoms with Crippen LogP contribution in [0.25, 0.3) is 0 Å². The molecule has 0 bridgehead atoms. The zero-order valence-corrected chi connectivity index (χ0v) is 25.7. The lowest BCUT2D eigenvalue weighted by atomic mass is 9.68. The van der Waals surface area contributed by atoms with Crippen LogP contribution in [0, 0.1) is 46.8 Å². The van der Waals surface area contributed by atoms with Gasteiger partial charge < -0.3 is 15.5 Å². The van der Waals surface area contributed by atoms with Gasteiger partial charge in [-0.1, -0.05) is 66.2 Å². The van der Waals surface area contributed by atoms with Crippen LogP contribution in [0.5, 0.6) is 0 Å². The maximum absolute atomic E-state index is 12.8. The van der Waals surface area contributed by atoms with Crippen LogP contribution in [-0.4, -0.2) is 34.2 Å². The van der Waals surface area contributed by atoms with Gasteiger partial charge in [0.15, 0.2) is 0 Å². The molecule has 4 nitrogen and oxygen atoms in total. The molecule has 220 valence electrons. The smallest absolute Gasteiger partial charge is 0.136 e. The first-order chi connectivity index (χ1) is 18.4. The second kappa shape index (κ2) is 13.1. The number of Topliss-reactive ketones (excluding diaryl/α,β-unsaturated/α-hetero) is 1. The molecule has 8 unspecified atom stereocenters. The van der Waals surface area contributed by atoms with Crippen molar-refractivity contribution in [2.24, 2.45) is 46.8 Å². The summed E-state index contributed by atoms with van der Waals surface area (Å²) >= 11 is 0. The van der Waals surface area contributed by atoms with Crippen molar-refractivity contribution in [1.29, 1.82) is 0 Å². The van der Waals surface area contributed by atoms with E-state index in [-0.39, 0.29) is 11.3 Å². The Bertz CT molecular complexity index is 925. The number of allylic oxidation sites excluding steroid dienone is 4. The number of aliphatic hydroxyl groups excluding tert-OH is 2. The highest BCUT2D eigenvalue weighted by Crippen LogP contribution is 2.42. The summed E-state index contributed by atoms with van der Waals surface area (Å²) in [6, 6.07) is 0.792. The number of rotatable bonds is 10. The van der Waals surface area contributed by atoms with Crippen LogP contribution in [0.3, 0.4) is 0 Å². The first kappa shape index (κ1) is 30.6. The Labute approximate surface area is 238 Å². The van der Waals surface area contributed by atoms with E-state index >= 15 is 0 Å². The fourth-order valence-electron chi connectivity index (χ4n) is 7.90. The number of carbonyl (C=O) groups is 1. The number of nitrogens with one attached hydrogen (secondary N) is 1. The second-order valence-electron chi connectivity index (χ2n) is 15.4. The average molecular weight is 540 g/mol. The molecule has 1 saturated heterocycles. The Morgan fingerprint density at radius 2 is 1.90 bits per heavy atom. The summed E-state index contributed by atoms with van der Waals surface area (Å²) in [5, 5.41) is 25.4. The molecule has 3 N–H and O–H groups in total. The quantitative estimate of drug-likeness (QED) is 0.264. The molecular formula is C35H57NO3. The summed E-state index contributed by atoms with van der Waals surface area (Å²) in [5.74, 6) is 4.63. The van der Waals surface area contributed by atoms with Crippen molar-refractivity contribution in [3.63, 3.8) is 0 Å². The number of fused-ring (bicyclic) bond motifs is 1. The van der Waals surface area contributed by atoms with Crippen molar-refractivity contribution >= 4 is 5.78 Å². The molecule has 0 aromatic rings. The molecule has 3 aliphatic carbocycles. The van der Waals surface area contributed by atoms with Crippen molar-refractivity contribution in [2.75, 3.05) is 0 Å². The summed E-state index contributed by atoms with van der Waals surface area (Å²) in [6.07, 6.45) is 19.4. The molecule has 1 saturated carbocycles. The van der Waals surface area contributed by atoms with Crippen molar-refractivity contribution in [3.05, 3.63) is 35.6 Å². The van der Waals surface area contributed by atoms with Gasteiger partial charge in [-0.05, 0) is 104 Å². The van der Waals surface area contributed by atoms with Crippen LogP contribution >= 0.6 is 0 Å². The number of hydrogen-bond donors (Lipinski definition) is 3. The molecule has 9 atom stereocenters. The van der Waals surface area contributed by atoms with Gasteiger partial charge in [0.1, 0.15) is 5.78 Å². The topological polar surface area (TPSA) is 69.6 Å². The molecule has 4 rings (SSSR count). The third kappa shape index (κ3) is 8.55. The minimum atomic E-state index is -0.439. The number of ketones is 1.